The maximum Gasteiger partial charge on any atom is 0.251 e. The second kappa shape index (κ2) is 7.93. The first-order valence-corrected chi connectivity index (χ1v) is 11.5. The highest BCUT2D eigenvalue weighted by Crippen LogP contribution is 2.36. The van der Waals surface area contributed by atoms with E-state index in [-0.39, 0.29) is 18.2 Å². The second-order valence-electron chi connectivity index (χ2n) is 7.72. The number of thiazole rings is 1. The highest BCUT2D eigenvalue weighted by molar-refractivity contribution is 7.18. The monoisotopic (exact) mass is 459 g/mol. The van der Waals surface area contributed by atoms with Crippen LogP contribution in [0.25, 0.3) is 10.2 Å². The molecule has 5 nitrogen and oxygen atoms in total. The van der Waals surface area contributed by atoms with Crippen molar-refractivity contribution in [2.24, 2.45) is 0 Å². The summed E-state index contributed by atoms with van der Waals surface area (Å²) in [5, 5.41) is 1.89. The van der Waals surface area contributed by atoms with Crippen molar-refractivity contribution >= 4 is 62.3 Å². The predicted octanol–water partition coefficient (Wildman–Crippen LogP) is 5.11. The van der Waals surface area contributed by atoms with Gasteiger partial charge in [0.25, 0.3) is 5.91 Å². The van der Waals surface area contributed by atoms with Crippen LogP contribution in [-0.4, -0.2) is 40.8 Å². The van der Waals surface area contributed by atoms with Crippen LogP contribution >= 0.6 is 34.5 Å². The van der Waals surface area contributed by atoms with E-state index in [9.17, 15) is 9.59 Å². The normalized spacial score (nSPS) is 21.1. The maximum absolute atomic E-state index is 13.1. The molecule has 5 rings (SSSR count). The summed E-state index contributed by atoms with van der Waals surface area (Å²) in [6, 6.07) is 12.6. The number of rotatable bonds is 3. The molecule has 2 aliphatic heterocycles. The number of anilines is 1. The fourth-order valence-corrected chi connectivity index (χ4v) is 5.75. The molecule has 0 unspecified atom stereocenters. The van der Waals surface area contributed by atoms with E-state index in [0.717, 1.165) is 31.4 Å². The Labute approximate surface area is 188 Å². The highest BCUT2D eigenvalue weighted by Gasteiger charge is 2.43. The Morgan fingerprint density at radius 3 is 2.50 bits per heavy atom. The zero-order valence-corrected chi connectivity index (χ0v) is 18.4. The van der Waals surface area contributed by atoms with Gasteiger partial charge in [0.05, 0.1) is 43.4 Å². The van der Waals surface area contributed by atoms with Crippen molar-refractivity contribution in [3.8, 4) is 0 Å². The first-order chi connectivity index (χ1) is 14.5. The van der Waals surface area contributed by atoms with E-state index in [4.69, 9.17) is 28.2 Å². The van der Waals surface area contributed by atoms with Gasteiger partial charge < -0.3 is 0 Å². The first kappa shape index (κ1) is 19.9. The molecule has 0 bridgehead atoms. The van der Waals surface area contributed by atoms with Crippen molar-refractivity contribution in [1.29, 1.82) is 0 Å². The minimum atomic E-state index is -0.414. The first-order valence-electron chi connectivity index (χ1n) is 9.92. The molecule has 2 saturated heterocycles. The summed E-state index contributed by atoms with van der Waals surface area (Å²) in [6.07, 6.45) is 2.07. The minimum Gasteiger partial charge on any atom is -0.291 e. The number of para-hydroxylation sites is 1. The number of fused-ring (bicyclic) bond motifs is 1. The molecule has 2 fully saturated rings. The fraction of sp³-hybridized carbons (Fsp3) is 0.318. The standard InChI is InChI=1S/C22H19Cl2N3O2S/c23-15-6-5-14(11-16(15)24)27-20(28)12-18(22(27)29)26-9-7-13(8-10-26)21-25-17-3-1-2-4-19(17)30-21/h1-6,11,13,18H,7-10,12H2/t18-/m0/s1. The van der Waals surface area contributed by atoms with Crippen molar-refractivity contribution in [1.82, 2.24) is 9.88 Å². The molecule has 0 spiro atoms. The number of aromatic nitrogens is 1. The van der Waals surface area contributed by atoms with Crippen LogP contribution in [0.4, 0.5) is 5.69 Å². The molecule has 1 atom stereocenters. The van der Waals surface area contributed by atoms with E-state index in [0.29, 0.717) is 21.7 Å². The lowest BCUT2D eigenvalue weighted by Gasteiger charge is -2.34. The van der Waals surface area contributed by atoms with Crippen LogP contribution in [0.5, 0.6) is 0 Å². The Morgan fingerprint density at radius 1 is 1.00 bits per heavy atom. The zero-order valence-electron chi connectivity index (χ0n) is 16.1. The van der Waals surface area contributed by atoms with Crippen LogP contribution in [0.1, 0.15) is 30.2 Å². The Morgan fingerprint density at radius 2 is 1.77 bits per heavy atom. The molecule has 2 aromatic carbocycles. The molecule has 3 aromatic rings. The van der Waals surface area contributed by atoms with Crippen LogP contribution in [0.3, 0.4) is 0 Å². The van der Waals surface area contributed by atoms with Gasteiger partial charge in [-0.05, 0) is 56.3 Å². The number of halogens is 2. The van der Waals surface area contributed by atoms with Crippen LogP contribution in [0.2, 0.25) is 10.0 Å². The predicted molar refractivity (Wildman–Crippen MR) is 121 cm³/mol. The smallest absolute Gasteiger partial charge is 0.251 e. The van der Waals surface area contributed by atoms with E-state index < -0.39 is 6.04 Å². The molecule has 0 radical (unpaired) electrons. The molecular formula is C22H19Cl2N3O2S. The lowest BCUT2D eigenvalue weighted by atomic mass is 9.96. The van der Waals surface area contributed by atoms with Gasteiger partial charge in [-0.2, -0.15) is 0 Å². The summed E-state index contributed by atoms with van der Waals surface area (Å²) in [5.41, 5.74) is 1.53. The van der Waals surface area contributed by atoms with Crippen molar-refractivity contribution < 1.29 is 9.59 Å². The van der Waals surface area contributed by atoms with Gasteiger partial charge in [0.15, 0.2) is 0 Å². The quantitative estimate of drug-likeness (QED) is 0.510. The second-order valence-corrected chi connectivity index (χ2v) is 9.59. The zero-order chi connectivity index (χ0) is 20.8. The van der Waals surface area contributed by atoms with Gasteiger partial charge >= 0.3 is 0 Å². The molecule has 1 aromatic heterocycles. The third-order valence-corrected chi connectivity index (χ3v) is 7.85. The van der Waals surface area contributed by atoms with Crippen molar-refractivity contribution in [3.63, 3.8) is 0 Å². The molecule has 8 heteroatoms. The summed E-state index contributed by atoms with van der Waals surface area (Å²) >= 11 is 13.8. The Kier molecular flexibility index (Phi) is 5.27. The van der Waals surface area contributed by atoms with Crippen molar-refractivity contribution in [2.75, 3.05) is 18.0 Å². The summed E-state index contributed by atoms with van der Waals surface area (Å²) in [5.74, 6) is 0.0190. The summed E-state index contributed by atoms with van der Waals surface area (Å²) < 4.78 is 1.21. The van der Waals surface area contributed by atoms with E-state index in [2.05, 4.69) is 11.0 Å². The molecule has 0 aliphatic carbocycles. The van der Waals surface area contributed by atoms with Crippen molar-refractivity contribution in [2.45, 2.75) is 31.2 Å². The number of likely N-dealkylation sites (tertiary alicyclic amines) is 1. The summed E-state index contributed by atoms with van der Waals surface area (Å²) in [7, 11) is 0. The van der Waals surface area contributed by atoms with E-state index in [1.165, 1.54) is 14.6 Å². The molecule has 3 heterocycles. The summed E-state index contributed by atoms with van der Waals surface area (Å²) in [4.78, 5) is 33.9. The lowest BCUT2D eigenvalue weighted by Crippen LogP contribution is -2.45. The molecule has 2 aliphatic rings. The van der Waals surface area contributed by atoms with Crippen LogP contribution in [-0.2, 0) is 9.59 Å². The Bertz CT molecular complexity index is 1110. The average molecular weight is 460 g/mol. The van der Waals surface area contributed by atoms with Crippen molar-refractivity contribution in [3.05, 3.63) is 57.5 Å². The van der Waals surface area contributed by atoms with E-state index in [1.54, 1.807) is 29.5 Å². The van der Waals surface area contributed by atoms with Gasteiger partial charge in [-0.25, -0.2) is 9.88 Å². The van der Waals surface area contributed by atoms with Gasteiger partial charge in [-0.15, -0.1) is 11.3 Å². The molecule has 2 amide bonds. The van der Waals surface area contributed by atoms with Gasteiger partial charge in [-0.3, -0.25) is 14.5 Å². The topological polar surface area (TPSA) is 53.5 Å². The number of hydrogen-bond donors (Lipinski definition) is 0. The van der Waals surface area contributed by atoms with E-state index in [1.807, 2.05) is 18.2 Å². The number of piperidine rings is 1. The number of hydrogen-bond acceptors (Lipinski definition) is 5. The number of nitrogens with zero attached hydrogens (tertiary/aromatic N) is 3. The van der Waals surface area contributed by atoms with Gasteiger partial charge in [0.1, 0.15) is 0 Å². The highest BCUT2D eigenvalue weighted by atomic mass is 35.5. The Balaban J connectivity index is 1.28. The number of amides is 2. The average Bonchev–Trinajstić information content (AvgIpc) is 3.31. The SMILES string of the molecule is O=C1C[C@H](N2CCC(c3nc4ccccc4s3)CC2)C(=O)N1c1ccc(Cl)c(Cl)c1. The third kappa shape index (κ3) is 3.52. The summed E-state index contributed by atoms with van der Waals surface area (Å²) in [6.45, 7) is 1.55. The van der Waals surface area contributed by atoms with Gasteiger partial charge in [0, 0.05) is 5.92 Å². The van der Waals surface area contributed by atoms with Crippen LogP contribution < -0.4 is 4.90 Å². The molecule has 30 heavy (non-hydrogen) atoms. The molecule has 0 N–H and O–H groups in total. The number of benzene rings is 2. The molecule has 0 saturated carbocycles. The number of carbonyl (C=O) groups is 2. The van der Waals surface area contributed by atoms with E-state index >= 15 is 0 Å². The van der Waals surface area contributed by atoms with Crippen LogP contribution in [0, 0.1) is 0 Å². The Hall–Kier alpha value is -1.99. The lowest BCUT2D eigenvalue weighted by molar-refractivity contribution is -0.123. The molecule has 154 valence electrons. The maximum atomic E-state index is 13.1. The third-order valence-electron chi connectivity index (χ3n) is 5.91. The van der Waals surface area contributed by atoms with Gasteiger partial charge in [0.2, 0.25) is 5.91 Å². The largest absolute Gasteiger partial charge is 0.291 e. The minimum absolute atomic E-state index is 0.183. The van der Waals surface area contributed by atoms with Crippen LogP contribution in [0.15, 0.2) is 42.5 Å². The molecular weight excluding hydrogens is 441 g/mol. The fourth-order valence-electron chi connectivity index (χ4n) is 4.32. The van der Waals surface area contributed by atoms with Gasteiger partial charge in [-0.1, -0.05) is 35.3 Å². The number of carbonyl (C=O) groups excluding carboxylic acids is 2. The number of imide groups is 1.